The first-order chi connectivity index (χ1) is 15.3. The third-order valence-electron chi connectivity index (χ3n) is 7.87. The van der Waals surface area contributed by atoms with Gasteiger partial charge in [0, 0.05) is 24.6 Å². The van der Waals surface area contributed by atoms with Crippen molar-refractivity contribution in [2.45, 2.75) is 83.5 Å². The summed E-state index contributed by atoms with van der Waals surface area (Å²) in [5, 5.41) is 11.0. The topological polar surface area (TPSA) is 85.7 Å². The number of amides is 2. The molecule has 1 aliphatic carbocycles. The second kappa shape index (κ2) is 8.18. The van der Waals surface area contributed by atoms with Gasteiger partial charge >= 0.3 is 0 Å². The summed E-state index contributed by atoms with van der Waals surface area (Å²) in [6.07, 6.45) is 6.96. The van der Waals surface area contributed by atoms with Crippen molar-refractivity contribution in [3.8, 4) is 5.75 Å². The lowest BCUT2D eigenvalue weighted by Gasteiger charge is -2.41. The maximum absolute atomic E-state index is 12.3. The predicted octanol–water partition coefficient (Wildman–Crippen LogP) is 3.05. The summed E-state index contributed by atoms with van der Waals surface area (Å²) < 4.78 is 6.51. The average Bonchev–Trinajstić information content (AvgIpc) is 3.33. The molecule has 32 heavy (non-hydrogen) atoms. The molecule has 3 aliphatic heterocycles. The Labute approximate surface area is 190 Å². The van der Waals surface area contributed by atoms with Crippen LogP contribution < -0.4 is 10.1 Å². The molecule has 1 aromatic rings. The number of ether oxygens (including phenoxy) is 1. The molecule has 4 aliphatic rings. The summed E-state index contributed by atoms with van der Waals surface area (Å²) in [5.74, 6) is 0.689. The smallest absolute Gasteiger partial charge is 0.249 e. The van der Waals surface area contributed by atoms with Gasteiger partial charge in [-0.05, 0) is 80.8 Å². The number of piperidine rings is 2. The molecule has 172 valence electrons. The van der Waals surface area contributed by atoms with E-state index in [9.17, 15) is 9.59 Å². The SMILES string of the molecule is CC1(C)CCN(C2CCC[C@H]2Oc2ccc3c(c2)CN(C2CCC(=O)NC2=O)C3=N)CC1. The van der Waals surface area contributed by atoms with Crippen LogP contribution in [-0.2, 0) is 16.1 Å². The van der Waals surface area contributed by atoms with Gasteiger partial charge in [0.2, 0.25) is 11.8 Å². The summed E-state index contributed by atoms with van der Waals surface area (Å²) in [6.45, 7) is 7.55. The number of hydrogen-bond acceptors (Lipinski definition) is 5. The molecule has 2 N–H and O–H groups in total. The zero-order chi connectivity index (χ0) is 22.5. The molecule has 2 saturated heterocycles. The Bertz CT molecular complexity index is 933. The van der Waals surface area contributed by atoms with Crippen LogP contribution in [0.1, 0.15) is 69.9 Å². The Balaban J connectivity index is 1.26. The minimum Gasteiger partial charge on any atom is -0.489 e. The quantitative estimate of drug-likeness (QED) is 0.706. The van der Waals surface area contributed by atoms with Crippen LogP contribution in [0.25, 0.3) is 0 Å². The number of carbonyl (C=O) groups is 2. The Morgan fingerprint density at radius 1 is 1.12 bits per heavy atom. The van der Waals surface area contributed by atoms with Gasteiger partial charge in [0.1, 0.15) is 23.7 Å². The maximum Gasteiger partial charge on any atom is 0.249 e. The van der Waals surface area contributed by atoms with E-state index in [1.807, 2.05) is 23.1 Å². The van der Waals surface area contributed by atoms with Crippen molar-refractivity contribution >= 4 is 17.6 Å². The summed E-state index contributed by atoms with van der Waals surface area (Å²) in [6, 6.07) is 5.99. The van der Waals surface area contributed by atoms with E-state index >= 15 is 0 Å². The van der Waals surface area contributed by atoms with Crippen molar-refractivity contribution in [1.82, 2.24) is 15.1 Å². The number of imide groups is 1. The fourth-order valence-corrected chi connectivity index (χ4v) is 5.77. The lowest BCUT2D eigenvalue weighted by molar-refractivity contribution is -0.136. The summed E-state index contributed by atoms with van der Waals surface area (Å²) in [7, 11) is 0. The van der Waals surface area contributed by atoms with Gasteiger partial charge in [0.05, 0.1) is 0 Å². The first-order valence-electron chi connectivity index (χ1n) is 12.0. The van der Waals surface area contributed by atoms with E-state index in [2.05, 4.69) is 24.1 Å². The van der Waals surface area contributed by atoms with Gasteiger partial charge in [-0.3, -0.25) is 25.2 Å². The fourth-order valence-electron chi connectivity index (χ4n) is 5.77. The van der Waals surface area contributed by atoms with E-state index in [1.54, 1.807) is 0 Å². The van der Waals surface area contributed by atoms with E-state index in [1.165, 1.54) is 25.7 Å². The number of fused-ring (bicyclic) bond motifs is 1. The lowest BCUT2D eigenvalue weighted by atomic mass is 9.82. The van der Waals surface area contributed by atoms with Gasteiger partial charge < -0.3 is 9.64 Å². The predicted molar refractivity (Wildman–Crippen MR) is 122 cm³/mol. The molecule has 2 amide bonds. The summed E-state index contributed by atoms with van der Waals surface area (Å²) >= 11 is 0. The molecule has 0 aromatic heterocycles. The van der Waals surface area contributed by atoms with E-state index < -0.39 is 6.04 Å². The first-order valence-corrected chi connectivity index (χ1v) is 12.0. The molecule has 0 spiro atoms. The lowest BCUT2D eigenvalue weighted by Crippen LogP contribution is -2.52. The van der Waals surface area contributed by atoms with E-state index in [-0.39, 0.29) is 17.9 Å². The molecule has 0 bridgehead atoms. The maximum atomic E-state index is 12.3. The van der Waals surface area contributed by atoms with Gasteiger partial charge in [-0.1, -0.05) is 13.8 Å². The zero-order valence-electron chi connectivity index (χ0n) is 19.2. The van der Waals surface area contributed by atoms with E-state index in [0.717, 1.165) is 36.4 Å². The molecule has 1 saturated carbocycles. The van der Waals surface area contributed by atoms with Crippen molar-refractivity contribution in [1.29, 1.82) is 5.41 Å². The van der Waals surface area contributed by atoms with Crippen molar-refractivity contribution in [3.63, 3.8) is 0 Å². The molecular formula is C25H34N4O3. The first kappa shape index (κ1) is 21.4. The average molecular weight is 439 g/mol. The normalized spacial score (nSPS) is 30.4. The Morgan fingerprint density at radius 3 is 2.66 bits per heavy atom. The Morgan fingerprint density at radius 2 is 1.91 bits per heavy atom. The van der Waals surface area contributed by atoms with Gasteiger partial charge in [-0.25, -0.2) is 0 Å². The highest BCUT2D eigenvalue weighted by atomic mass is 16.5. The number of nitrogens with one attached hydrogen (secondary N) is 2. The van der Waals surface area contributed by atoms with Crippen LogP contribution in [0.3, 0.4) is 0 Å². The molecule has 2 unspecified atom stereocenters. The molecule has 7 heteroatoms. The molecule has 0 radical (unpaired) electrons. The number of likely N-dealkylation sites (tertiary alicyclic amines) is 1. The number of hydrogen-bond donors (Lipinski definition) is 2. The molecule has 5 rings (SSSR count). The van der Waals surface area contributed by atoms with E-state index in [4.69, 9.17) is 10.1 Å². The van der Waals surface area contributed by atoms with Crippen molar-refractivity contribution in [2.24, 2.45) is 5.41 Å². The van der Waals surface area contributed by atoms with Crippen molar-refractivity contribution in [2.75, 3.05) is 13.1 Å². The molecule has 3 fully saturated rings. The van der Waals surface area contributed by atoms with Crippen LogP contribution in [-0.4, -0.2) is 58.7 Å². The van der Waals surface area contributed by atoms with Crippen LogP contribution in [0, 0.1) is 10.8 Å². The third-order valence-corrected chi connectivity index (χ3v) is 7.87. The van der Waals surface area contributed by atoms with E-state index in [0.29, 0.717) is 36.7 Å². The standard InChI is InChI=1S/C25H34N4O3/c1-25(2)10-12-28(13-11-25)19-4-3-5-21(19)32-17-6-7-18-16(14-17)15-29(23(18)26)20-8-9-22(30)27-24(20)31/h6-7,14,19-21,26H,3-5,8-13,15H2,1-2H3,(H,27,30,31)/t19?,20?,21-/m1/s1. The van der Waals surface area contributed by atoms with Crippen molar-refractivity contribution in [3.05, 3.63) is 29.3 Å². The third kappa shape index (κ3) is 4.03. The summed E-state index contributed by atoms with van der Waals surface area (Å²) in [4.78, 5) is 28.2. The molecule has 7 nitrogen and oxygen atoms in total. The monoisotopic (exact) mass is 438 g/mol. The van der Waals surface area contributed by atoms with Crippen LogP contribution in [0.2, 0.25) is 0 Å². The molecular weight excluding hydrogens is 404 g/mol. The number of rotatable bonds is 4. The minimum absolute atomic E-state index is 0.210. The van der Waals surface area contributed by atoms with Crippen LogP contribution >= 0.6 is 0 Å². The highest BCUT2D eigenvalue weighted by Crippen LogP contribution is 2.36. The van der Waals surface area contributed by atoms with Gasteiger partial charge in [-0.15, -0.1) is 0 Å². The number of carbonyl (C=O) groups excluding carboxylic acids is 2. The number of benzene rings is 1. The molecule has 1 aromatic carbocycles. The second-order valence-corrected chi connectivity index (χ2v) is 10.6. The van der Waals surface area contributed by atoms with Gasteiger partial charge in [0.25, 0.3) is 0 Å². The number of amidine groups is 1. The second-order valence-electron chi connectivity index (χ2n) is 10.6. The Kier molecular flexibility index (Phi) is 5.48. The van der Waals surface area contributed by atoms with Crippen molar-refractivity contribution < 1.29 is 14.3 Å². The van der Waals surface area contributed by atoms with Crippen LogP contribution in [0.4, 0.5) is 0 Å². The minimum atomic E-state index is -0.459. The largest absolute Gasteiger partial charge is 0.489 e. The number of nitrogens with zero attached hydrogens (tertiary/aromatic N) is 2. The molecule has 3 atom stereocenters. The van der Waals surface area contributed by atoms with Crippen LogP contribution in [0.15, 0.2) is 18.2 Å². The molecule has 3 heterocycles. The zero-order valence-corrected chi connectivity index (χ0v) is 19.2. The Hall–Kier alpha value is -2.41. The van der Waals surface area contributed by atoms with Crippen LogP contribution in [0.5, 0.6) is 5.75 Å². The highest BCUT2D eigenvalue weighted by molar-refractivity contribution is 6.06. The summed E-state index contributed by atoms with van der Waals surface area (Å²) in [5.41, 5.74) is 2.32. The highest BCUT2D eigenvalue weighted by Gasteiger charge is 2.39. The van der Waals surface area contributed by atoms with Gasteiger partial charge in [-0.2, -0.15) is 0 Å². The van der Waals surface area contributed by atoms with Gasteiger partial charge in [0.15, 0.2) is 0 Å². The fraction of sp³-hybridized carbons (Fsp3) is 0.640.